The summed E-state index contributed by atoms with van der Waals surface area (Å²) in [6, 6.07) is 10.3. The second-order valence-corrected chi connectivity index (χ2v) is 7.34. The Morgan fingerprint density at radius 3 is 2.52 bits per heavy atom. The molecule has 0 aliphatic carbocycles. The van der Waals surface area contributed by atoms with Gasteiger partial charge in [0.05, 0.1) is 30.0 Å². The van der Waals surface area contributed by atoms with E-state index in [-0.39, 0.29) is 24.0 Å². The van der Waals surface area contributed by atoms with E-state index in [1.165, 1.54) is 10.4 Å². The van der Waals surface area contributed by atoms with Gasteiger partial charge in [-0.15, -0.1) is 35.3 Å². The van der Waals surface area contributed by atoms with Gasteiger partial charge in [-0.1, -0.05) is 30.3 Å². The third-order valence-electron chi connectivity index (χ3n) is 3.97. The van der Waals surface area contributed by atoms with E-state index in [1.54, 1.807) is 18.4 Å². The van der Waals surface area contributed by atoms with Crippen LogP contribution in [0.4, 0.5) is 0 Å². The normalized spacial score (nSPS) is 11.1. The molecular weight excluding hydrogens is 471 g/mol. The van der Waals surface area contributed by atoms with Crippen LogP contribution in [0.1, 0.15) is 26.7 Å². The lowest BCUT2D eigenvalue weighted by atomic mass is 10.2. The van der Waals surface area contributed by atoms with Crippen LogP contribution in [0.25, 0.3) is 0 Å². The van der Waals surface area contributed by atoms with Gasteiger partial charge in [-0.3, -0.25) is 9.67 Å². The number of nitrogens with zero attached hydrogens (tertiary/aromatic N) is 4. The fourth-order valence-corrected chi connectivity index (χ4v) is 3.54. The maximum atomic E-state index is 4.45. The van der Waals surface area contributed by atoms with E-state index in [2.05, 4.69) is 44.0 Å². The molecule has 0 fully saturated rings. The third kappa shape index (κ3) is 6.31. The largest absolute Gasteiger partial charge is 0.352 e. The molecule has 0 unspecified atom stereocenters. The molecule has 2 N–H and O–H groups in total. The molecule has 0 saturated heterocycles. The average Bonchev–Trinajstić information content (AvgIpc) is 3.21. The number of aryl methyl sites for hydroxylation is 2. The number of aromatic nitrogens is 3. The van der Waals surface area contributed by atoms with Gasteiger partial charge < -0.3 is 10.6 Å². The van der Waals surface area contributed by atoms with Crippen molar-refractivity contribution in [3.8, 4) is 0 Å². The second-order valence-electron chi connectivity index (χ2n) is 6.05. The average molecular weight is 496 g/mol. The Kier molecular flexibility index (Phi) is 8.23. The van der Waals surface area contributed by atoms with Crippen molar-refractivity contribution in [3.63, 3.8) is 0 Å². The SMILES string of the molecule is CN=C(NCc1cnn(Cc2ccccc2)c1)NCc1sc(C)nc1C.I. The quantitative estimate of drug-likeness (QED) is 0.312. The predicted octanol–water partition coefficient (Wildman–Crippen LogP) is 3.49. The highest BCUT2D eigenvalue weighted by Gasteiger charge is 2.06. The minimum Gasteiger partial charge on any atom is -0.352 e. The van der Waals surface area contributed by atoms with Gasteiger partial charge in [-0.05, 0) is 19.4 Å². The molecule has 3 aromatic rings. The van der Waals surface area contributed by atoms with E-state index < -0.39 is 0 Å². The van der Waals surface area contributed by atoms with Crippen LogP contribution in [-0.4, -0.2) is 27.8 Å². The van der Waals surface area contributed by atoms with Crippen molar-refractivity contribution >= 4 is 41.3 Å². The highest BCUT2D eigenvalue weighted by molar-refractivity contribution is 14.0. The molecular formula is C19H25IN6S. The summed E-state index contributed by atoms with van der Waals surface area (Å²) in [7, 11) is 1.78. The Hall–Kier alpha value is -1.94. The maximum Gasteiger partial charge on any atom is 0.191 e. The van der Waals surface area contributed by atoms with E-state index in [1.807, 2.05) is 42.9 Å². The highest BCUT2D eigenvalue weighted by atomic mass is 127. The Bertz CT molecular complexity index is 871. The predicted molar refractivity (Wildman–Crippen MR) is 122 cm³/mol. The van der Waals surface area contributed by atoms with E-state index in [0.717, 1.165) is 35.3 Å². The van der Waals surface area contributed by atoms with Crippen molar-refractivity contribution < 1.29 is 0 Å². The van der Waals surface area contributed by atoms with Crippen LogP contribution in [0.2, 0.25) is 0 Å². The van der Waals surface area contributed by atoms with Crippen molar-refractivity contribution in [1.29, 1.82) is 0 Å². The smallest absolute Gasteiger partial charge is 0.191 e. The Balaban J connectivity index is 0.00000261. The standard InChI is InChI=1S/C19H24N6S.HI/c1-14-18(26-15(2)24-14)11-22-19(20-3)21-9-17-10-23-25(13-17)12-16-7-5-4-6-8-16;/h4-8,10,13H,9,11-12H2,1-3H3,(H2,20,21,22);1H. The monoisotopic (exact) mass is 496 g/mol. The maximum absolute atomic E-state index is 4.45. The first kappa shape index (κ1) is 21.4. The molecule has 0 aliphatic heterocycles. The van der Waals surface area contributed by atoms with Crippen LogP contribution >= 0.6 is 35.3 Å². The summed E-state index contributed by atoms with van der Waals surface area (Å²) in [5.74, 6) is 0.770. The first-order valence-electron chi connectivity index (χ1n) is 8.56. The molecule has 0 saturated carbocycles. The molecule has 27 heavy (non-hydrogen) atoms. The molecule has 0 atom stereocenters. The minimum absolute atomic E-state index is 0. The molecule has 0 spiro atoms. The summed E-state index contributed by atoms with van der Waals surface area (Å²) in [6.45, 7) is 6.25. The molecule has 1 aromatic carbocycles. The summed E-state index contributed by atoms with van der Waals surface area (Å²) in [5.41, 5.74) is 3.44. The second kappa shape index (κ2) is 10.4. The number of halogens is 1. The lowest BCUT2D eigenvalue weighted by Gasteiger charge is -2.10. The molecule has 0 radical (unpaired) electrons. The third-order valence-corrected chi connectivity index (χ3v) is 5.05. The molecule has 6 nitrogen and oxygen atoms in total. The zero-order chi connectivity index (χ0) is 18.4. The van der Waals surface area contributed by atoms with Gasteiger partial charge in [0.1, 0.15) is 0 Å². The molecule has 2 heterocycles. The summed E-state index contributed by atoms with van der Waals surface area (Å²) in [4.78, 5) is 9.97. The van der Waals surface area contributed by atoms with E-state index in [9.17, 15) is 0 Å². The van der Waals surface area contributed by atoms with Crippen molar-refractivity contribution in [1.82, 2.24) is 25.4 Å². The number of rotatable bonds is 6. The zero-order valence-electron chi connectivity index (χ0n) is 15.8. The minimum atomic E-state index is 0. The lowest BCUT2D eigenvalue weighted by molar-refractivity contribution is 0.685. The Morgan fingerprint density at radius 2 is 1.85 bits per heavy atom. The summed E-state index contributed by atoms with van der Waals surface area (Å²) in [6.07, 6.45) is 3.95. The van der Waals surface area contributed by atoms with E-state index >= 15 is 0 Å². The van der Waals surface area contributed by atoms with Crippen molar-refractivity contribution in [2.24, 2.45) is 4.99 Å². The van der Waals surface area contributed by atoms with Gasteiger partial charge in [-0.25, -0.2) is 4.98 Å². The van der Waals surface area contributed by atoms with E-state index in [4.69, 9.17) is 0 Å². The Morgan fingerprint density at radius 1 is 1.11 bits per heavy atom. The van der Waals surface area contributed by atoms with Gasteiger partial charge in [0.15, 0.2) is 5.96 Å². The first-order chi connectivity index (χ1) is 12.6. The first-order valence-corrected chi connectivity index (χ1v) is 9.38. The topological polar surface area (TPSA) is 67.1 Å². The number of hydrogen-bond acceptors (Lipinski definition) is 4. The van der Waals surface area contributed by atoms with Crippen LogP contribution in [0.15, 0.2) is 47.7 Å². The number of guanidine groups is 1. The summed E-state index contributed by atoms with van der Waals surface area (Å²) in [5, 5.41) is 12.2. The van der Waals surface area contributed by atoms with Gasteiger partial charge in [0.2, 0.25) is 0 Å². The van der Waals surface area contributed by atoms with Gasteiger partial charge in [0.25, 0.3) is 0 Å². The van der Waals surface area contributed by atoms with Gasteiger partial charge in [0, 0.05) is 30.2 Å². The van der Waals surface area contributed by atoms with E-state index in [0.29, 0.717) is 6.54 Å². The van der Waals surface area contributed by atoms with Crippen molar-refractivity contribution in [2.45, 2.75) is 33.5 Å². The number of nitrogens with one attached hydrogen (secondary N) is 2. The molecule has 8 heteroatoms. The lowest BCUT2D eigenvalue weighted by Crippen LogP contribution is -2.36. The Labute approximate surface area is 181 Å². The van der Waals surface area contributed by atoms with Gasteiger partial charge >= 0.3 is 0 Å². The van der Waals surface area contributed by atoms with Crippen LogP contribution in [0, 0.1) is 13.8 Å². The fraction of sp³-hybridized carbons (Fsp3) is 0.316. The number of aliphatic imine (C=N–C) groups is 1. The zero-order valence-corrected chi connectivity index (χ0v) is 18.9. The molecule has 3 rings (SSSR count). The number of hydrogen-bond donors (Lipinski definition) is 2. The molecule has 0 aliphatic rings. The van der Waals surface area contributed by atoms with Crippen molar-refractivity contribution in [2.75, 3.05) is 7.05 Å². The van der Waals surface area contributed by atoms with Gasteiger partial charge in [-0.2, -0.15) is 5.10 Å². The van der Waals surface area contributed by atoms with Crippen LogP contribution in [0.3, 0.4) is 0 Å². The molecule has 0 bridgehead atoms. The van der Waals surface area contributed by atoms with Crippen LogP contribution in [-0.2, 0) is 19.6 Å². The van der Waals surface area contributed by atoms with Crippen LogP contribution in [0.5, 0.6) is 0 Å². The summed E-state index contributed by atoms with van der Waals surface area (Å²) < 4.78 is 1.95. The molecule has 0 amide bonds. The fourth-order valence-electron chi connectivity index (χ4n) is 2.66. The summed E-state index contributed by atoms with van der Waals surface area (Å²) >= 11 is 1.72. The number of thiazole rings is 1. The van der Waals surface area contributed by atoms with Crippen LogP contribution < -0.4 is 10.6 Å². The molecule has 144 valence electrons. The molecule has 2 aromatic heterocycles. The highest BCUT2D eigenvalue weighted by Crippen LogP contribution is 2.16. The number of benzene rings is 1. The van der Waals surface area contributed by atoms with Crippen molar-refractivity contribution in [3.05, 3.63) is 69.4 Å².